The zero-order valence-corrected chi connectivity index (χ0v) is 13.9. The zero-order chi connectivity index (χ0) is 15.9. The molecule has 0 fully saturated rings. The number of ether oxygens (including phenoxy) is 1. The fourth-order valence-electron chi connectivity index (χ4n) is 2.89. The molecule has 0 spiro atoms. The summed E-state index contributed by atoms with van der Waals surface area (Å²) >= 11 is 0. The van der Waals surface area contributed by atoms with Crippen molar-refractivity contribution < 1.29 is 4.74 Å². The number of hydrogen-bond acceptors (Lipinski definition) is 2. The van der Waals surface area contributed by atoms with Crippen LogP contribution in [-0.4, -0.2) is 13.7 Å². The van der Waals surface area contributed by atoms with E-state index in [0.29, 0.717) is 11.8 Å². The molecule has 1 unspecified atom stereocenters. The van der Waals surface area contributed by atoms with Crippen LogP contribution >= 0.6 is 0 Å². The Hall–Kier alpha value is -1.80. The number of benzene rings is 2. The first-order valence-electron chi connectivity index (χ1n) is 8.08. The minimum absolute atomic E-state index is 0.655. The highest BCUT2D eigenvalue weighted by Gasteiger charge is 2.13. The van der Waals surface area contributed by atoms with Crippen molar-refractivity contribution in [1.82, 2.24) is 0 Å². The number of methoxy groups -OCH3 is 1. The largest absolute Gasteiger partial charge is 0.496 e. The first-order valence-corrected chi connectivity index (χ1v) is 8.08. The van der Waals surface area contributed by atoms with E-state index in [1.807, 2.05) is 18.2 Å². The predicted molar refractivity (Wildman–Crippen MR) is 94.1 cm³/mol. The number of rotatable bonds is 7. The lowest BCUT2D eigenvalue weighted by Gasteiger charge is -2.20. The van der Waals surface area contributed by atoms with Crippen LogP contribution in [0.2, 0.25) is 0 Å². The van der Waals surface area contributed by atoms with Crippen molar-refractivity contribution in [2.24, 2.45) is 17.6 Å². The summed E-state index contributed by atoms with van der Waals surface area (Å²) < 4.78 is 5.44. The van der Waals surface area contributed by atoms with Gasteiger partial charge in [0.25, 0.3) is 0 Å². The first-order chi connectivity index (χ1) is 10.7. The molecule has 0 saturated heterocycles. The Balaban J connectivity index is 2.16. The van der Waals surface area contributed by atoms with Gasteiger partial charge >= 0.3 is 0 Å². The van der Waals surface area contributed by atoms with Gasteiger partial charge in [-0.05, 0) is 48.4 Å². The van der Waals surface area contributed by atoms with E-state index in [9.17, 15) is 0 Å². The molecule has 118 valence electrons. The average Bonchev–Trinajstić information content (AvgIpc) is 2.55. The van der Waals surface area contributed by atoms with E-state index in [1.165, 1.54) is 11.1 Å². The lowest BCUT2D eigenvalue weighted by Crippen LogP contribution is -2.16. The SMILES string of the molecule is COc1ccccc1-c1ccc(CC(CCN)C(C)C)cc1. The Kier molecular flexibility index (Phi) is 6.02. The molecule has 0 aromatic heterocycles. The van der Waals surface area contributed by atoms with E-state index >= 15 is 0 Å². The van der Waals surface area contributed by atoms with Crippen molar-refractivity contribution in [3.63, 3.8) is 0 Å². The van der Waals surface area contributed by atoms with Gasteiger partial charge in [-0.1, -0.05) is 56.3 Å². The van der Waals surface area contributed by atoms with E-state index in [1.54, 1.807) is 7.11 Å². The van der Waals surface area contributed by atoms with Crippen molar-refractivity contribution in [3.05, 3.63) is 54.1 Å². The molecule has 0 bridgehead atoms. The van der Waals surface area contributed by atoms with Crippen LogP contribution in [0, 0.1) is 11.8 Å². The van der Waals surface area contributed by atoms with Crippen LogP contribution in [0.1, 0.15) is 25.8 Å². The molecule has 0 aliphatic rings. The van der Waals surface area contributed by atoms with Crippen molar-refractivity contribution in [3.8, 4) is 16.9 Å². The third kappa shape index (κ3) is 4.11. The molecule has 0 saturated carbocycles. The zero-order valence-electron chi connectivity index (χ0n) is 13.9. The molecule has 0 amide bonds. The fraction of sp³-hybridized carbons (Fsp3) is 0.400. The molecule has 2 N–H and O–H groups in total. The number of nitrogens with two attached hydrogens (primary N) is 1. The summed E-state index contributed by atoms with van der Waals surface area (Å²) in [7, 11) is 1.72. The van der Waals surface area contributed by atoms with Crippen LogP contribution in [0.3, 0.4) is 0 Å². The van der Waals surface area contributed by atoms with Gasteiger partial charge in [0.05, 0.1) is 7.11 Å². The Morgan fingerprint density at radius 1 is 1.00 bits per heavy atom. The van der Waals surface area contributed by atoms with Crippen LogP contribution in [0.4, 0.5) is 0 Å². The van der Waals surface area contributed by atoms with Crippen molar-refractivity contribution >= 4 is 0 Å². The highest BCUT2D eigenvalue weighted by atomic mass is 16.5. The maximum Gasteiger partial charge on any atom is 0.126 e. The Morgan fingerprint density at radius 2 is 1.68 bits per heavy atom. The van der Waals surface area contributed by atoms with Crippen LogP contribution in [0.15, 0.2) is 48.5 Å². The van der Waals surface area contributed by atoms with Crippen LogP contribution < -0.4 is 10.5 Å². The molecule has 0 aliphatic heterocycles. The predicted octanol–water partition coefficient (Wildman–Crippen LogP) is 4.53. The summed E-state index contributed by atoms with van der Waals surface area (Å²) in [5, 5.41) is 0. The number of hydrogen-bond donors (Lipinski definition) is 1. The van der Waals surface area contributed by atoms with Crippen molar-refractivity contribution in [2.75, 3.05) is 13.7 Å². The lowest BCUT2D eigenvalue weighted by atomic mass is 9.86. The Bertz CT molecular complexity index is 575. The van der Waals surface area contributed by atoms with E-state index in [2.05, 4.69) is 44.2 Å². The van der Waals surface area contributed by atoms with Gasteiger partial charge in [-0.2, -0.15) is 0 Å². The molecule has 0 heterocycles. The minimum Gasteiger partial charge on any atom is -0.496 e. The molecule has 2 aromatic rings. The Morgan fingerprint density at radius 3 is 2.27 bits per heavy atom. The van der Waals surface area contributed by atoms with Gasteiger partial charge in [0.15, 0.2) is 0 Å². The maximum atomic E-state index is 5.74. The molecule has 2 aromatic carbocycles. The van der Waals surface area contributed by atoms with Crippen LogP contribution in [0.5, 0.6) is 5.75 Å². The second-order valence-corrected chi connectivity index (χ2v) is 6.18. The molecular weight excluding hydrogens is 270 g/mol. The van der Waals surface area contributed by atoms with E-state index in [4.69, 9.17) is 10.5 Å². The monoisotopic (exact) mass is 297 g/mol. The standard InChI is InChI=1S/C20H27NO/c1-15(2)18(12-13-21)14-16-8-10-17(11-9-16)19-6-4-5-7-20(19)22-3/h4-11,15,18H,12-14,21H2,1-3H3. The summed E-state index contributed by atoms with van der Waals surface area (Å²) in [4.78, 5) is 0. The molecule has 22 heavy (non-hydrogen) atoms. The van der Waals surface area contributed by atoms with Gasteiger partial charge in [0.1, 0.15) is 5.75 Å². The summed E-state index contributed by atoms with van der Waals surface area (Å²) in [5.74, 6) is 2.23. The highest BCUT2D eigenvalue weighted by Crippen LogP contribution is 2.30. The topological polar surface area (TPSA) is 35.2 Å². The molecule has 0 radical (unpaired) electrons. The first kappa shape index (κ1) is 16.6. The molecule has 0 aliphatic carbocycles. The lowest BCUT2D eigenvalue weighted by molar-refractivity contribution is 0.362. The summed E-state index contributed by atoms with van der Waals surface area (Å²) in [6.45, 7) is 5.33. The summed E-state index contributed by atoms with van der Waals surface area (Å²) in [6.07, 6.45) is 2.19. The smallest absolute Gasteiger partial charge is 0.126 e. The normalized spacial score (nSPS) is 12.4. The summed E-state index contributed by atoms with van der Waals surface area (Å²) in [6, 6.07) is 17.0. The Labute approximate surface area is 134 Å². The quantitative estimate of drug-likeness (QED) is 0.815. The maximum absolute atomic E-state index is 5.74. The highest BCUT2D eigenvalue weighted by molar-refractivity contribution is 5.70. The van der Waals surface area contributed by atoms with Gasteiger partial charge < -0.3 is 10.5 Å². The second kappa shape index (κ2) is 8.00. The average molecular weight is 297 g/mol. The van der Waals surface area contributed by atoms with Crippen molar-refractivity contribution in [2.45, 2.75) is 26.7 Å². The van der Waals surface area contributed by atoms with Gasteiger partial charge in [-0.25, -0.2) is 0 Å². The van der Waals surface area contributed by atoms with Gasteiger partial charge in [-0.3, -0.25) is 0 Å². The van der Waals surface area contributed by atoms with Crippen molar-refractivity contribution in [1.29, 1.82) is 0 Å². The third-order valence-electron chi connectivity index (χ3n) is 4.35. The third-order valence-corrected chi connectivity index (χ3v) is 4.35. The second-order valence-electron chi connectivity index (χ2n) is 6.18. The minimum atomic E-state index is 0.655. The van der Waals surface area contributed by atoms with E-state index in [-0.39, 0.29) is 0 Å². The van der Waals surface area contributed by atoms with Gasteiger partial charge in [0, 0.05) is 5.56 Å². The molecule has 2 nitrogen and oxygen atoms in total. The van der Waals surface area contributed by atoms with Crippen LogP contribution in [0.25, 0.3) is 11.1 Å². The van der Waals surface area contributed by atoms with Gasteiger partial charge in [0.2, 0.25) is 0 Å². The van der Waals surface area contributed by atoms with E-state index < -0.39 is 0 Å². The molecule has 2 rings (SSSR count). The van der Waals surface area contributed by atoms with Crippen LogP contribution in [-0.2, 0) is 6.42 Å². The molecular formula is C20H27NO. The van der Waals surface area contributed by atoms with Gasteiger partial charge in [-0.15, -0.1) is 0 Å². The summed E-state index contributed by atoms with van der Waals surface area (Å²) in [5.41, 5.74) is 9.45. The van der Waals surface area contributed by atoms with E-state index in [0.717, 1.165) is 30.7 Å². The number of para-hydroxylation sites is 1. The molecule has 2 heteroatoms. The fourth-order valence-corrected chi connectivity index (χ4v) is 2.89. The molecule has 1 atom stereocenters.